The molecule has 0 saturated heterocycles. The van der Waals surface area contributed by atoms with Crippen molar-refractivity contribution in [2.24, 2.45) is 0 Å². The van der Waals surface area contributed by atoms with Gasteiger partial charge in [-0.05, 0) is 47.7 Å². The molecule has 1 heterocycles. The second-order valence-electron chi connectivity index (χ2n) is 6.76. The normalized spacial score (nSPS) is 10.7. The maximum Gasteiger partial charge on any atom is 0.274 e. The third-order valence-corrected chi connectivity index (χ3v) is 4.33. The maximum absolute atomic E-state index is 12.9. The van der Waals surface area contributed by atoms with Gasteiger partial charge >= 0.3 is 0 Å². The number of carbonyl (C=O) groups is 1. The Kier molecular flexibility index (Phi) is 6.32. The topological polar surface area (TPSA) is 66.9 Å². The average molecular weight is 378 g/mol. The van der Waals surface area contributed by atoms with Crippen LogP contribution in [0, 0.1) is 5.82 Å². The number of benzene rings is 2. The molecule has 2 aromatic carbocycles. The minimum absolute atomic E-state index is 0.252. The number of nitrogens with one attached hydrogen (secondary N) is 2. The molecule has 0 bridgehead atoms. The van der Waals surface area contributed by atoms with Gasteiger partial charge in [-0.2, -0.15) is 0 Å². The Balaban J connectivity index is 1.62. The Morgan fingerprint density at radius 1 is 1.07 bits per heavy atom. The standard InChI is InChI=1S/C22H23FN4O/c1-15(2)18-5-3-4-6-19(18)26-21(28)20-12-14-25-22(27-20)24-13-11-16-7-9-17(23)10-8-16/h3-10,12,14-15H,11,13H2,1-2H3,(H,26,28)(H,24,25,27). The van der Waals surface area contributed by atoms with Crippen LogP contribution in [0.15, 0.2) is 60.8 Å². The van der Waals surface area contributed by atoms with Crippen LogP contribution in [0.2, 0.25) is 0 Å². The van der Waals surface area contributed by atoms with E-state index in [1.807, 2.05) is 24.3 Å². The first-order valence-electron chi connectivity index (χ1n) is 9.24. The number of hydrogen-bond acceptors (Lipinski definition) is 4. The highest BCUT2D eigenvalue weighted by Crippen LogP contribution is 2.24. The van der Waals surface area contributed by atoms with Crippen LogP contribution >= 0.6 is 0 Å². The van der Waals surface area contributed by atoms with Crippen molar-refractivity contribution in [2.45, 2.75) is 26.2 Å². The number of aromatic nitrogens is 2. The number of halogens is 1. The number of amides is 1. The highest BCUT2D eigenvalue weighted by atomic mass is 19.1. The van der Waals surface area contributed by atoms with Crippen LogP contribution in [-0.2, 0) is 6.42 Å². The number of hydrogen-bond donors (Lipinski definition) is 2. The molecule has 0 aliphatic carbocycles. The molecule has 3 aromatic rings. The van der Waals surface area contributed by atoms with E-state index in [0.29, 0.717) is 24.8 Å². The van der Waals surface area contributed by atoms with E-state index >= 15 is 0 Å². The van der Waals surface area contributed by atoms with Gasteiger partial charge in [0.25, 0.3) is 5.91 Å². The van der Waals surface area contributed by atoms with E-state index in [4.69, 9.17) is 0 Å². The van der Waals surface area contributed by atoms with Gasteiger partial charge in [0.15, 0.2) is 0 Å². The Bertz CT molecular complexity index is 941. The van der Waals surface area contributed by atoms with E-state index in [2.05, 4.69) is 34.4 Å². The van der Waals surface area contributed by atoms with Crippen molar-refractivity contribution in [1.82, 2.24) is 9.97 Å². The van der Waals surface area contributed by atoms with E-state index in [-0.39, 0.29) is 17.4 Å². The molecule has 3 rings (SSSR count). The third kappa shape index (κ3) is 5.13. The first-order chi connectivity index (χ1) is 13.5. The molecule has 6 heteroatoms. The van der Waals surface area contributed by atoms with Gasteiger partial charge < -0.3 is 10.6 Å². The van der Waals surface area contributed by atoms with Crippen LogP contribution in [0.1, 0.15) is 41.4 Å². The highest BCUT2D eigenvalue weighted by molar-refractivity contribution is 6.03. The first kappa shape index (κ1) is 19.5. The maximum atomic E-state index is 12.9. The molecule has 0 aliphatic rings. The van der Waals surface area contributed by atoms with Crippen LogP contribution in [0.25, 0.3) is 0 Å². The van der Waals surface area contributed by atoms with Crippen molar-refractivity contribution >= 4 is 17.5 Å². The summed E-state index contributed by atoms with van der Waals surface area (Å²) in [5, 5.41) is 6.03. The molecule has 144 valence electrons. The van der Waals surface area contributed by atoms with Gasteiger partial charge in [0.05, 0.1) is 0 Å². The van der Waals surface area contributed by atoms with Crippen molar-refractivity contribution in [3.63, 3.8) is 0 Å². The lowest BCUT2D eigenvalue weighted by Gasteiger charge is -2.13. The first-order valence-corrected chi connectivity index (χ1v) is 9.24. The van der Waals surface area contributed by atoms with Gasteiger partial charge in [-0.25, -0.2) is 14.4 Å². The van der Waals surface area contributed by atoms with Crippen molar-refractivity contribution in [3.05, 3.63) is 83.4 Å². The van der Waals surface area contributed by atoms with Crippen molar-refractivity contribution < 1.29 is 9.18 Å². The molecule has 0 radical (unpaired) electrons. The van der Waals surface area contributed by atoms with E-state index in [1.165, 1.54) is 12.1 Å². The highest BCUT2D eigenvalue weighted by Gasteiger charge is 2.12. The molecule has 0 saturated carbocycles. The molecular weight excluding hydrogens is 355 g/mol. The molecule has 0 atom stereocenters. The lowest BCUT2D eigenvalue weighted by Crippen LogP contribution is -2.17. The summed E-state index contributed by atoms with van der Waals surface area (Å²) in [6.45, 7) is 4.74. The van der Waals surface area contributed by atoms with Crippen LogP contribution in [0.3, 0.4) is 0 Å². The molecule has 0 aliphatic heterocycles. The van der Waals surface area contributed by atoms with E-state index in [9.17, 15) is 9.18 Å². The monoisotopic (exact) mass is 378 g/mol. The van der Waals surface area contributed by atoms with Gasteiger partial charge in [0.1, 0.15) is 11.5 Å². The zero-order chi connectivity index (χ0) is 19.9. The summed E-state index contributed by atoms with van der Waals surface area (Å²) >= 11 is 0. The summed E-state index contributed by atoms with van der Waals surface area (Å²) in [5.74, 6) is 0.146. The zero-order valence-corrected chi connectivity index (χ0v) is 15.9. The number of para-hydroxylation sites is 1. The average Bonchev–Trinajstić information content (AvgIpc) is 2.70. The Hall–Kier alpha value is -3.28. The van der Waals surface area contributed by atoms with Gasteiger partial charge in [-0.15, -0.1) is 0 Å². The second kappa shape index (κ2) is 9.08. The van der Waals surface area contributed by atoms with Crippen molar-refractivity contribution in [2.75, 3.05) is 17.2 Å². The summed E-state index contributed by atoms with van der Waals surface area (Å²) in [5.41, 5.74) is 3.15. The summed E-state index contributed by atoms with van der Waals surface area (Å²) in [6, 6.07) is 15.7. The molecule has 0 unspecified atom stereocenters. The molecule has 28 heavy (non-hydrogen) atoms. The van der Waals surface area contributed by atoms with E-state index in [1.54, 1.807) is 24.4 Å². The summed E-state index contributed by atoms with van der Waals surface area (Å²) in [6.07, 6.45) is 2.25. The number of rotatable bonds is 7. The predicted octanol–water partition coefficient (Wildman–Crippen LogP) is 4.65. The Morgan fingerprint density at radius 3 is 2.57 bits per heavy atom. The third-order valence-electron chi connectivity index (χ3n) is 4.33. The van der Waals surface area contributed by atoms with Crippen LogP contribution in [-0.4, -0.2) is 22.4 Å². The fourth-order valence-corrected chi connectivity index (χ4v) is 2.84. The number of nitrogens with zero attached hydrogens (tertiary/aromatic N) is 2. The van der Waals surface area contributed by atoms with E-state index < -0.39 is 0 Å². The molecule has 5 nitrogen and oxygen atoms in total. The number of anilines is 2. The molecule has 1 amide bonds. The molecular formula is C22H23FN4O. The van der Waals surface area contributed by atoms with Gasteiger partial charge in [0.2, 0.25) is 5.95 Å². The van der Waals surface area contributed by atoms with Crippen molar-refractivity contribution in [3.8, 4) is 0 Å². The van der Waals surface area contributed by atoms with Crippen LogP contribution < -0.4 is 10.6 Å². The number of carbonyl (C=O) groups excluding carboxylic acids is 1. The second-order valence-corrected chi connectivity index (χ2v) is 6.76. The smallest absolute Gasteiger partial charge is 0.274 e. The van der Waals surface area contributed by atoms with Crippen LogP contribution in [0.5, 0.6) is 0 Å². The summed E-state index contributed by atoms with van der Waals surface area (Å²) < 4.78 is 12.9. The molecule has 0 fully saturated rings. The van der Waals surface area contributed by atoms with Crippen LogP contribution in [0.4, 0.5) is 16.0 Å². The zero-order valence-electron chi connectivity index (χ0n) is 15.9. The Labute approximate surface area is 164 Å². The fraction of sp³-hybridized carbons (Fsp3) is 0.227. The summed E-state index contributed by atoms with van der Waals surface area (Å²) in [7, 11) is 0. The predicted molar refractivity (Wildman–Crippen MR) is 109 cm³/mol. The molecule has 0 spiro atoms. The summed E-state index contributed by atoms with van der Waals surface area (Å²) in [4.78, 5) is 21.1. The van der Waals surface area contributed by atoms with Crippen molar-refractivity contribution in [1.29, 1.82) is 0 Å². The minimum Gasteiger partial charge on any atom is -0.354 e. The minimum atomic E-state index is -0.280. The van der Waals surface area contributed by atoms with Gasteiger partial charge in [-0.3, -0.25) is 4.79 Å². The lowest BCUT2D eigenvalue weighted by molar-refractivity contribution is 0.102. The molecule has 1 aromatic heterocycles. The van der Waals surface area contributed by atoms with Gasteiger partial charge in [0, 0.05) is 18.4 Å². The fourth-order valence-electron chi connectivity index (χ4n) is 2.84. The largest absolute Gasteiger partial charge is 0.354 e. The van der Waals surface area contributed by atoms with Gasteiger partial charge in [-0.1, -0.05) is 44.2 Å². The lowest BCUT2D eigenvalue weighted by atomic mass is 10.0. The SMILES string of the molecule is CC(C)c1ccccc1NC(=O)c1ccnc(NCCc2ccc(F)cc2)n1. The quantitative estimate of drug-likeness (QED) is 0.628. The Morgan fingerprint density at radius 2 is 1.82 bits per heavy atom. The van der Waals surface area contributed by atoms with E-state index in [0.717, 1.165) is 16.8 Å². The molecule has 2 N–H and O–H groups in total.